The van der Waals surface area contributed by atoms with Crippen LogP contribution in [-0.4, -0.2) is 38.5 Å². The molecule has 0 heterocycles. The Morgan fingerprint density at radius 1 is 0.841 bits per heavy atom. The topological polar surface area (TPSA) is 157 Å². The molecule has 12 heteroatoms. The predicted molar refractivity (Wildman–Crippen MR) is 172 cm³/mol. The van der Waals surface area contributed by atoms with Crippen molar-refractivity contribution in [3.63, 3.8) is 0 Å². The Hall–Kier alpha value is -4.91. The maximum absolute atomic E-state index is 13.4. The molecule has 4 rings (SSSR count). The molecule has 0 spiro atoms. The Bertz CT molecular complexity index is 1760. The summed E-state index contributed by atoms with van der Waals surface area (Å²) in [4.78, 5) is 39.4. The SMILES string of the molecule is CCOc1ccc(/C=C(/NC(=O)c2ccccc2)C(=O)Nc2cccc(SCC(=O)Nc3ccc(S(N)(=O)=O)cc3)c2)cc1. The molecular weight excluding hydrogens is 601 g/mol. The molecule has 0 unspecified atom stereocenters. The number of amides is 3. The number of anilines is 2. The minimum Gasteiger partial charge on any atom is -0.494 e. The molecule has 0 bridgehead atoms. The van der Waals surface area contributed by atoms with E-state index in [1.165, 1.54) is 36.0 Å². The molecule has 0 aliphatic carbocycles. The predicted octanol–water partition coefficient (Wildman–Crippen LogP) is 4.87. The minimum atomic E-state index is -3.83. The third-order valence-electron chi connectivity index (χ3n) is 5.96. The maximum atomic E-state index is 13.4. The quantitative estimate of drug-likeness (QED) is 0.128. The van der Waals surface area contributed by atoms with Gasteiger partial charge < -0.3 is 20.7 Å². The van der Waals surface area contributed by atoms with Crippen LogP contribution in [-0.2, 0) is 19.6 Å². The Morgan fingerprint density at radius 2 is 1.55 bits per heavy atom. The van der Waals surface area contributed by atoms with Crippen molar-refractivity contribution in [2.75, 3.05) is 23.0 Å². The number of hydrogen-bond acceptors (Lipinski definition) is 7. The van der Waals surface area contributed by atoms with Crippen LogP contribution in [0.2, 0.25) is 0 Å². The number of benzene rings is 4. The molecule has 4 aromatic rings. The van der Waals surface area contributed by atoms with Gasteiger partial charge in [0.25, 0.3) is 11.8 Å². The van der Waals surface area contributed by atoms with Gasteiger partial charge in [-0.3, -0.25) is 14.4 Å². The summed E-state index contributed by atoms with van der Waals surface area (Å²) in [5.41, 5.74) is 2.00. The zero-order chi connectivity index (χ0) is 31.5. The van der Waals surface area contributed by atoms with Gasteiger partial charge >= 0.3 is 0 Å². The number of thioether (sulfide) groups is 1. The lowest BCUT2D eigenvalue weighted by atomic mass is 10.1. The lowest BCUT2D eigenvalue weighted by molar-refractivity contribution is -0.114. The Kier molecular flexibility index (Phi) is 10.9. The van der Waals surface area contributed by atoms with Crippen LogP contribution >= 0.6 is 11.8 Å². The lowest BCUT2D eigenvalue weighted by Gasteiger charge is -2.12. The van der Waals surface area contributed by atoms with E-state index in [2.05, 4.69) is 16.0 Å². The van der Waals surface area contributed by atoms with E-state index >= 15 is 0 Å². The van der Waals surface area contributed by atoms with Gasteiger partial charge in [0, 0.05) is 21.8 Å². The van der Waals surface area contributed by atoms with E-state index in [0.29, 0.717) is 39.8 Å². The average molecular weight is 631 g/mol. The molecule has 0 saturated heterocycles. The van der Waals surface area contributed by atoms with Crippen molar-refractivity contribution in [3.05, 3.63) is 120 Å². The summed E-state index contributed by atoms with van der Waals surface area (Å²) in [7, 11) is -3.83. The molecule has 0 radical (unpaired) electrons. The first-order valence-electron chi connectivity index (χ1n) is 13.4. The fourth-order valence-electron chi connectivity index (χ4n) is 3.87. The number of sulfonamides is 1. The van der Waals surface area contributed by atoms with Gasteiger partial charge in [0.2, 0.25) is 15.9 Å². The molecule has 5 N–H and O–H groups in total. The summed E-state index contributed by atoms with van der Waals surface area (Å²) in [6, 6.07) is 28.1. The Morgan fingerprint density at radius 3 is 2.20 bits per heavy atom. The normalized spacial score (nSPS) is 11.4. The molecule has 0 aromatic heterocycles. The summed E-state index contributed by atoms with van der Waals surface area (Å²) < 4.78 is 28.3. The van der Waals surface area contributed by atoms with Crippen LogP contribution < -0.4 is 25.8 Å². The van der Waals surface area contributed by atoms with Crippen molar-refractivity contribution in [1.82, 2.24) is 5.32 Å². The number of ether oxygens (including phenoxy) is 1. The van der Waals surface area contributed by atoms with E-state index in [4.69, 9.17) is 9.88 Å². The van der Waals surface area contributed by atoms with E-state index < -0.39 is 21.8 Å². The van der Waals surface area contributed by atoms with Gasteiger partial charge in [-0.25, -0.2) is 13.6 Å². The first kappa shape index (κ1) is 32.0. The standard InChI is InChI=1S/C32H30N4O6S2/c1-2-42-26-15-11-22(12-16-26)19-29(36-31(38)23-7-4-3-5-8-23)32(39)35-25-9-6-10-27(20-25)43-21-30(37)34-24-13-17-28(18-14-24)44(33,40)41/h3-20H,2,21H2,1H3,(H,34,37)(H,35,39)(H,36,38)(H2,33,40,41)/b29-19+. The van der Waals surface area contributed by atoms with Crippen LogP contribution in [0.15, 0.2) is 119 Å². The van der Waals surface area contributed by atoms with Crippen molar-refractivity contribution < 1.29 is 27.5 Å². The van der Waals surface area contributed by atoms with E-state index in [9.17, 15) is 22.8 Å². The molecule has 4 aromatic carbocycles. The van der Waals surface area contributed by atoms with Crippen LogP contribution in [0.4, 0.5) is 11.4 Å². The van der Waals surface area contributed by atoms with Crippen molar-refractivity contribution in [3.8, 4) is 5.75 Å². The maximum Gasteiger partial charge on any atom is 0.272 e. The van der Waals surface area contributed by atoms with Crippen LogP contribution in [0.3, 0.4) is 0 Å². The Balaban J connectivity index is 1.43. The van der Waals surface area contributed by atoms with Crippen molar-refractivity contribution in [2.45, 2.75) is 16.7 Å². The first-order chi connectivity index (χ1) is 21.1. The van der Waals surface area contributed by atoms with Gasteiger partial charge in [-0.05, 0) is 85.3 Å². The number of carbonyl (C=O) groups excluding carboxylic acids is 3. The fourth-order valence-corrected chi connectivity index (χ4v) is 5.14. The number of rotatable bonds is 12. The smallest absolute Gasteiger partial charge is 0.272 e. The third kappa shape index (κ3) is 9.56. The molecular formula is C32H30N4O6S2. The van der Waals surface area contributed by atoms with Gasteiger partial charge in [0.05, 0.1) is 17.3 Å². The highest BCUT2D eigenvalue weighted by molar-refractivity contribution is 8.00. The van der Waals surface area contributed by atoms with Crippen molar-refractivity contribution >= 4 is 57.0 Å². The van der Waals surface area contributed by atoms with Crippen LogP contribution in [0.1, 0.15) is 22.8 Å². The van der Waals surface area contributed by atoms with Crippen LogP contribution in [0.5, 0.6) is 5.75 Å². The van der Waals surface area contributed by atoms with E-state index in [0.717, 1.165) is 0 Å². The molecule has 0 fully saturated rings. The number of primary sulfonamides is 1. The number of carbonyl (C=O) groups is 3. The van der Waals surface area contributed by atoms with Gasteiger partial charge in [-0.1, -0.05) is 36.4 Å². The molecule has 0 aliphatic heterocycles. The number of nitrogens with two attached hydrogens (primary N) is 1. The van der Waals surface area contributed by atoms with Crippen LogP contribution in [0, 0.1) is 0 Å². The zero-order valence-electron chi connectivity index (χ0n) is 23.6. The lowest BCUT2D eigenvalue weighted by Crippen LogP contribution is -2.30. The number of hydrogen-bond donors (Lipinski definition) is 4. The molecule has 44 heavy (non-hydrogen) atoms. The van der Waals surface area contributed by atoms with Gasteiger partial charge in [-0.15, -0.1) is 11.8 Å². The second kappa shape index (κ2) is 15.0. The molecule has 0 saturated carbocycles. The molecule has 10 nitrogen and oxygen atoms in total. The first-order valence-corrected chi connectivity index (χ1v) is 15.9. The van der Waals surface area contributed by atoms with Crippen molar-refractivity contribution in [1.29, 1.82) is 0 Å². The fraction of sp³-hybridized carbons (Fsp3) is 0.0938. The molecule has 0 atom stereocenters. The summed E-state index contributed by atoms with van der Waals surface area (Å²) >= 11 is 1.25. The summed E-state index contributed by atoms with van der Waals surface area (Å²) in [5, 5.41) is 13.3. The highest BCUT2D eigenvalue weighted by Crippen LogP contribution is 2.23. The van der Waals surface area contributed by atoms with E-state index in [1.807, 2.05) is 6.92 Å². The second-order valence-electron chi connectivity index (χ2n) is 9.27. The van der Waals surface area contributed by atoms with Gasteiger partial charge in [0.1, 0.15) is 11.4 Å². The zero-order valence-corrected chi connectivity index (χ0v) is 25.3. The minimum absolute atomic E-state index is 0.0360. The third-order valence-corrected chi connectivity index (χ3v) is 7.88. The largest absolute Gasteiger partial charge is 0.494 e. The van der Waals surface area contributed by atoms with E-state index in [-0.39, 0.29) is 22.3 Å². The summed E-state index contributed by atoms with van der Waals surface area (Å²) in [6.45, 7) is 2.41. The average Bonchev–Trinajstić information content (AvgIpc) is 3.01. The monoisotopic (exact) mass is 630 g/mol. The second-order valence-corrected chi connectivity index (χ2v) is 11.9. The summed E-state index contributed by atoms with van der Waals surface area (Å²) in [5.74, 6) is -0.535. The van der Waals surface area contributed by atoms with Gasteiger partial charge in [0.15, 0.2) is 0 Å². The molecule has 0 aliphatic rings. The Labute approximate surface area is 259 Å². The van der Waals surface area contributed by atoms with Crippen molar-refractivity contribution in [2.24, 2.45) is 5.14 Å². The van der Waals surface area contributed by atoms with Gasteiger partial charge in [-0.2, -0.15) is 0 Å². The van der Waals surface area contributed by atoms with E-state index in [1.54, 1.807) is 84.9 Å². The molecule has 226 valence electrons. The molecule has 3 amide bonds. The summed E-state index contributed by atoms with van der Waals surface area (Å²) in [6.07, 6.45) is 1.57. The highest BCUT2D eigenvalue weighted by Gasteiger charge is 2.16. The highest BCUT2D eigenvalue weighted by atomic mass is 32.2. The van der Waals surface area contributed by atoms with Crippen LogP contribution in [0.25, 0.3) is 6.08 Å². The number of nitrogens with one attached hydrogen (secondary N) is 3.